The van der Waals surface area contributed by atoms with Crippen LogP contribution < -0.4 is 9.47 Å². The molecule has 8 heteroatoms. The van der Waals surface area contributed by atoms with Crippen LogP contribution in [0, 0.1) is 0 Å². The van der Waals surface area contributed by atoms with Crippen LogP contribution in [0.4, 0.5) is 0 Å². The van der Waals surface area contributed by atoms with Crippen molar-refractivity contribution in [1.29, 1.82) is 0 Å². The lowest BCUT2D eigenvalue weighted by atomic mass is 9.69. The van der Waals surface area contributed by atoms with Crippen LogP contribution in [0.5, 0.6) is 11.5 Å². The number of benzene rings is 1. The van der Waals surface area contributed by atoms with E-state index in [-0.39, 0.29) is 11.8 Å². The van der Waals surface area contributed by atoms with Gasteiger partial charge in [0.05, 0.1) is 38.9 Å². The molecule has 3 atom stereocenters. The molecule has 2 aliphatic heterocycles. The normalized spacial score (nSPS) is 26.8. The van der Waals surface area contributed by atoms with Crippen molar-refractivity contribution in [2.75, 3.05) is 27.9 Å². The van der Waals surface area contributed by atoms with Crippen molar-refractivity contribution in [1.82, 2.24) is 4.90 Å². The third-order valence-corrected chi connectivity index (χ3v) is 6.15. The van der Waals surface area contributed by atoms with Crippen molar-refractivity contribution < 1.29 is 33.6 Å². The predicted octanol–water partition coefficient (Wildman–Crippen LogP) is 1.45. The Hall–Kier alpha value is -3.00. The lowest BCUT2D eigenvalue weighted by Gasteiger charge is -2.36. The zero-order valence-corrected chi connectivity index (χ0v) is 17.2. The molecular weight excluding hydrogens is 390 g/mol. The summed E-state index contributed by atoms with van der Waals surface area (Å²) in [5, 5.41) is 10.2. The fourth-order valence-electron chi connectivity index (χ4n) is 4.70. The molecule has 1 N–H and O–H groups in total. The highest BCUT2D eigenvalue weighted by atomic mass is 16.5. The minimum atomic E-state index is -0.626. The van der Waals surface area contributed by atoms with Gasteiger partial charge >= 0.3 is 11.9 Å². The molecule has 1 unspecified atom stereocenters. The first kappa shape index (κ1) is 20.3. The number of methoxy groups -OCH3 is 3. The van der Waals surface area contributed by atoms with Gasteiger partial charge < -0.3 is 29.0 Å². The standard InChI is InChI=1S/C22H25NO7/c1-27-16-5-4-13-12-23(15(21(26)29-3)11-18(25)28-2)9-8-22-7-6-14(24)10-17(22)30-20(16)19(13)22/h4-7,11,14,17,24H,8-10,12H2,1-3H3/b15-11+/t14-,17-,22?/m1/s1. The van der Waals surface area contributed by atoms with Gasteiger partial charge in [0.1, 0.15) is 11.8 Å². The second-order valence-corrected chi connectivity index (χ2v) is 7.66. The smallest absolute Gasteiger partial charge is 0.354 e. The van der Waals surface area contributed by atoms with Gasteiger partial charge in [-0.15, -0.1) is 0 Å². The number of hydrogen-bond acceptors (Lipinski definition) is 8. The molecule has 0 saturated carbocycles. The second-order valence-electron chi connectivity index (χ2n) is 7.66. The number of aliphatic hydroxyl groups excluding tert-OH is 1. The molecule has 0 fully saturated rings. The van der Waals surface area contributed by atoms with Crippen molar-refractivity contribution in [3.05, 3.63) is 47.2 Å². The quantitative estimate of drug-likeness (QED) is 0.449. The summed E-state index contributed by atoms with van der Waals surface area (Å²) in [5.41, 5.74) is 1.67. The average Bonchev–Trinajstić information content (AvgIpc) is 2.99. The van der Waals surface area contributed by atoms with E-state index < -0.39 is 23.5 Å². The summed E-state index contributed by atoms with van der Waals surface area (Å²) in [6, 6.07) is 3.79. The molecule has 1 aliphatic carbocycles. The Balaban J connectivity index is 1.82. The van der Waals surface area contributed by atoms with Gasteiger partial charge in [0.2, 0.25) is 0 Å². The summed E-state index contributed by atoms with van der Waals surface area (Å²) < 4.78 is 21.4. The number of esters is 2. The maximum absolute atomic E-state index is 12.4. The minimum Gasteiger partial charge on any atom is -0.493 e. The van der Waals surface area contributed by atoms with E-state index in [1.807, 2.05) is 23.1 Å². The number of hydrogen-bond donors (Lipinski definition) is 1. The lowest BCUT2D eigenvalue weighted by molar-refractivity contribution is -0.140. The first-order valence-corrected chi connectivity index (χ1v) is 9.81. The van der Waals surface area contributed by atoms with Crippen LogP contribution in [0.2, 0.25) is 0 Å². The number of carbonyl (C=O) groups is 2. The van der Waals surface area contributed by atoms with Gasteiger partial charge in [0, 0.05) is 25.1 Å². The van der Waals surface area contributed by atoms with Gasteiger partial charge in [0.25, 0.3) is 0 Å². The summed E-state index contributed by atoms with van der Waals surface area (Å²) in [5.74, 6) is 0.0828. The number of aliphatic hydroxyl groups is 1. The number of ether oxygens (including phenoxy) is 4. The van der Waals surface area contributed by atoms with E-state index in [2.05, 4.69) is 0 Å². The lowest BCUT2D eigenvalue weighted by Crippen LogP contribution is -2.43. The molecule has 3 aliphatic rings. The second kappa shape index (κ2) is 7.68. The SMILES string of the molecule is COC(=O)/C=C(\C(=O)OC)N1CCC23C=C[C@@H](O)C[C@H]2Oc2c(OC)ccc(c23)C1. The number of nitrogens with zero attached hydrogens (tertiary/aromatic N) is 1. The van der Waals surface area contributed by atoms with Crippen molar-refractivity contribution in [3.63, 3.8) is 0 Å². The van der Waals surface area contributed by atoms with E-state index in [0.29, 0.717) is 37.4 Å². The first-order valence-electron chi connectivity index (χ1n) is 9.81. The zero-order chi connectivity index (χ0) is 21.5. The average molecular weight is 415 g/mol. The van der Waals surface area contributed by atoms with Crippen LogP contribution in [0.15, 0.2) is 36.1 Å². The Kier molecular flexibility index (Phi) is 5.19. The van der Waals surface area contributed by atoms with Gasteiger partial charge in [0.15, 0.2) is 11.5 Å². The molecule has 8 nitrogen and oxygen atoms in total. The molecule has 1 spiro atoms. The molecule has 160 valence electrons. The van der Waals surface area contributed by atoms with Gasteiger partial charge in [-0.05, 0) is 18.1 Å². The van der Waals surface area contributed by atoms with Crippen molar-refractivity contribution in [3.8, 4) is 11.5 Å². The van der Waals surface area contributed by atoms with Crippen LogP contribution in [-0.2, 0) is 31.0 Å². The van der Waals surface area contributed by atoms with Gasteiger partial charge in [-0.3, -0.25) is 0 Å². The molecule has 1 aromatic carbocycles. The molecule has 4 rings (SSSR count). The fourth-order valence-corrected chi connectivity index (χ4v) is 4.70. The van der Waals surface area contributed by atoms with E-state index >= 15 is 0 Å². The Labute approximate surface area is 174 Å². The molecule has 0 amide bonds. The maximum atomic E-state index is 12.4. The third kappa shape index (κ3) is 3.11. The molecule has 0 radical (unpaired) electrons. The summed E-state index contributed by atoms with van der Waals surface area (Å²) in [6.07, 6.45) is 5.26. The Bertz CT molecular complexity index is 938. The van der Waals surface area contributed by atoms with Crippen LogP contribution in [0.1, 0.15) is 24.0 Å². The van der Waals surface area contributed by atoms with E-state index in [9.17, 15) is 14.7 Å². The number of carbonyl (C=O) groups excluding carboxylic acids is 2. The maximum Gasteiger partial charge on any atom is 0.354 e. The van der Waals surface area contributed by atoms with Crippen molar-refractivity contribution >= 4 is 11.9 Å². The summed E-state index contributed by atoms with van der Waals surface area (Å²) in [7, 11) is 4.14. The zero-order valence-electron chi connectivity index (χ0n) is 17.2. The summed E-state index contributed by atoms with van der Waals surface area (Å²) >= 11 is 0. The third-order valence-electron chi connectivity index (χ3n) is 6.15. The largest absolute Gasteiger partial charge is 0.493 e. The molecule has 2 heterocycles. The van der Waals surface area contributed by atoms with Gasteiger partial charge in [-0.2, -0.15) is 0 Å². The molecule has 0 aromatic heterocycles. The van der Waals surface area contributed by atoms with Crippen LogP contribution in [0.25, 0.3) is 0 Å². The monoisotopic (exact) mass is 415 g/mol. The molecule has 0 saturated heterocycles. The molecular formula is C22H25NO7. The van der Waals surface area contributed by atoms with E-state index in [0.717, 1.165) is 17.2 Å². The predicted molar refractivity (Wildman–Crippen MR) is 106 cm³/mol. The Morgan fingerprint density at radius 2 is 2.07 bits per heavy atom. The van der Waals surface area contributed by atoms with Crippen LogP contribution in [0.3, 0.4) is 0 Å². The summed E-state index contributed by atoms with van der Waals surface area (Å²) in [4.78, 5) is 26.2. The fraction of sp³-hybridized carbons (Fsp3) is 0.455. The summed E-state index contributed by atoms with van der Waals surface area (Å²) in [6.45, 7) is 0.868. The van der Waals surface area contributed by atoms with Crippen molar-refractivity contribution in [2.45, 2.75) is 37.0 Å². The number of rotatable bonds is 4. The highest BCUT2D eigenvalue weighted by Crippen LogP contribution is 2.55. The minimum absolute atomic E-state index is 0.141. The molecule has 30 heavy (non-hydrogen) atoms. The van der Waals surface area contributed by atoms with E-state index in [1.165, 1.54) is 14.2 Å². The van der Waals surface area contributed by atoms with Crippen LogP contribution in [-0.4, -0.2) is 62.0 Å². The highest BCUT2D eigenvalue weighted by molar-refractivity contribution is 5.95. The highest BCUT2D eigenvalue weighted by Gasteiger charge is 2.53. The van der Waals surface area contributed by atoms with E-state index in [1.54, 1.807) is 13.2 Å². The Morgan fingerprint density at radius 3 is 2.77 bits per heavy atom. The molecule has 1 aromatic rings. The molecule has 0 bridgehead atoms. The Morgan fingerprint density at radius 1 is 1.27 bits per heavy atom. The topological polar surface area (TPSA) is 94.5 Å². The first-order chi connectivity index (χ1) is 14.4. The van der Waals surface area contributed by atoms with Crippen molar-refractivity contribution in [2.24, 2.45) is 0 Å². The van der Waals surface area contributed by atoms with Crippen LogP contribution >= 0.6 is 0 Å². The van der Waals surface area contributed by atoms with Gasteiger partial charge in [-0.25, -0.2) is 9.59 Å². The van der Waals surface area contributed by atoms with Gasteiger partial charge in [-0.1, -0.05) is 18.2 Å². The van der Waals surface area contributed by atoms with E-state index in [4.69, 9.17) is 18.9 Å².